The molecule has 0 unspecified atom stereocenters. The average Bonchev–Trinajstić information content (AvgIpc) is 2.83. The Morgan fingerprint density at radius 2 is 1.29 bits per heavy atom. The van der Waals surface area contributed by atoms with Crippen molar-refractivity contribution >= 4 is 0 Å². The van der Waals surface area contributed by atoms with Crippen LogP contribution in [0.2, 0.25) is 0 Å². The van der Waals surface area contributed by atoms with Gasteiger partial charge in [-0.2, -0.15) is 0 Å². The third-order valence-electron chi connectivity index (χ3n) is 2.86. The summed E-state index contributed by atoms with van der Waals surface area (Å²) in [6, 6.07) is 0. The van der Waals surface area contributed by atoms with Crippen molar-refractivity contribution in [3.8, 4) is 0 Å². The smallest absolute Gasteiger partial charge is 0.242 e. The second-order valence-electron chi connectivity index (χ2n) is 3.93. The molecule has 82 valence electrons. The zero-order valence-corrected chi connectivity index (χ0v) is 8.96. The number of hydrogen-bond acceptors (Lipinski definition) is 2. The molecule has 0 bridgehead atoms. The van der Waals surface area contributed by atoms with Gasteiger partial charge in [-0.25, -0.2) is 0 Å². The minimum Gasteiger partial charge on any atom is -0.259 e. The van der Waals surface area contributed by atoms with Gasteiger partial charge in [-0.05, 0) is 62.5 Å². The highest BCUT2D eigenvalue weighted by molar-refractivity contribution is 5.83. The topological polar surface area (TPSA) is 43.1 Å². The van der Waals surface area contributed by atoms with Crippen LogP contribution in [0.5, 0.6) is 0 Å². The molecule has 3 heteroatoms. The Morgan fingerprint density at radius 1 is 0.882 bits per heavy atom. The van der Waals surface area contributed by atoms with Crippen molar-refractivity contribution in [3.05, 3.63) is 96.2 Å². The SMILES string of the molecule is O=[N+]([O-])C=C1C([C]2[CH][CH][CH][CH]2)=C1[C]1[CH][CH][CH][CH]1. The molecule has 0 N–H and O–H groups in total. The first-order valence-corrected chi connectivity index (χ1v) is 5.32. The highest BCUT2D eigenvalue weighted by Gasteiger charge is 2.44. The van der Waals surface area contributed by atoms with E-state index in [0.29, 0.717) is 0 Å². The van der Waals surface area contributed by atoms with Crippen molar-refractivity contribution in [3.63, 3.8) is 0 Å². The summed E-state index contributed by atoms with van der Waals surface area (Å²) >= 11 is 0. The van der Waals surface area contributed by atoms with Crippen LogP contribution in [0.25, 0.3) is 0 Å². The van der Waals surface area contributed by atoms with Crippen molar-refractivity contribution in [1.29, 1.82) is 0 Å². The third kappa shape index (κ3) is 2.03. The lowest BCUT2D eigenvalue weighted by atomic mass is 10.0. The Bertz CT molecular complexity index is 368. The summed E-state index contributed by atoms with van der Waals surface area (Å²) in [4.78, 5) is 10.2. The standard InChI is InChI=1S/C14H9NO2/c16-15(17)9-12-13(10-5-1-2-6-10)14(12)11-7-3-4-8-11/h1-9H. The van der Waals surface area contributed by atoms with E-state index in [1.165, 1.54) is 0 Å². The molecule has 2 saturated carbocycles. The molecule has 10 radical (unpaired) electrons. The van der Waals surface area contributed by atoms with Crippen LogP contribution >= 0.6 is 0 Å². The summed E-state index contributed by atoms with van der Waals surface area (Å²) in [6.07, 6.45) is 16.7. The molecule has 3 rings (SSSR count). The van der Waals surface area contributed by atoms with Crippen LogP contribution in [0.15, 0.2) is 22.9 Å². The van der Waals surface area contributed by atoms with Gasteiger partial charge in [-0.15, -0.1) is 0 Å². The predicted molar refractivity (Wildman–Crippen MR) is 63.0 cm³/mol. The Labute approximate surface area is 102 Å². The minimum absolute atomic E-state index is 0.395. The van der Waals surface area contributed by atoms with Crippen LogP contribution in [-0.4, -0.2) is 4.92 Å². The van der Waals surface area contributed by atoms with Crippen LogP contribution in [-0.2, 0) is 0 Å². The van der Waals surface area contributed by atoms with Crippen molar-refractivity contribution in [2.24, 2.45) is 0 Å². The molecule has 0 amide bonds. The summed E-state index contributed by atoms with van der Waals surface area (Å²) in [7, 11) is 0. The molecule has 3 aliphatic rings. The number of nitrogens with zero attached hydrogens (tertiary/aromatic N) is 1. The quantitative estimate of drug-likeness (QED) is 0.544. The summed E-state index contributed by atoms with van der Waals surface area (Å²) in [5.41, 5.74) is 2.74. The molecule has 0 atom stereocenters. The molecule has 0 aliphatic heterocycles. The highest BCUT2D eigenvalue weighted by Crippen LogP contribution is 2.55. The predicted octanol–water partition coefficient (Wildman–Crippen LogP) is 2.27. The van der Waals surface area contributed by atoms with E-state index in [9.17, 15) is 10.1 Å². The Morgan fingerprint density at radius 3 is 1.65 bits per heavy atom. The van der Waals surface area contributed by atoms with Crippen molar-refractivity contribution < 1.29 is 4.92 Å². The van der Waals surface area contributed by atoms with Gasteiger partial charge in [0.25, 0.3) is 0 Å². The lowest BCUT2D eigenvalue weighted by Gasteiger charge is -2.00. The van der Waals surface area contributed by atoms with E-state index in [1.807, 2.05) is 51.4 Å². The van der Waals surface area contributed by atoms with Crippen molar-refractivity contribution in [2.75, 3.05) is 0 Å². The van der Waals surface area contributed by atoms with Crippen molar-refractivity contribution in [1.82, 2.24) is 0 Å². The maximum Gasteiger partial charge on any atom is 0.242 e. The van der Waals surface area contributed by atoms with Gasteiger partial charge >= 0.3 is 0 Å². The summed E-state index contributed by atoms with van der Waals surface area (Å²) in [5.74, 6) is 2.10. The Kier molecular flexibility index (Phi) is 2.77. The van der Waals surface area contributed by atoms with Gasteiger partial charge in [0.2, 0.25) is 6.20 Å². The van der Waals surface area contributed by atoms with Crippen LogP contribution in [0.4, 0.5) is 0 Å². The largest absolute Gasteiger partial charge is 0.259 e. The molecule has 17 heavy (non-hydrogen) atoms. The monoisotopic (exact) mass is 223 g/mol. The average molecular weight is 223 g/mol. The summed E-state index contributed by atoms with van der Waals surface area (Å²) in [5, 5.41) is 10.6. The number of allylic oxidation sites excluding steroid dienone is 3. The van der Waals surface area contributed by atoms with Crippen molar-refractivity contribution in [2.45, 2.75) is 0 Å². The van der Waals surface area contributed by atoms with E-state index in [4.69, 9.17) is 0 Å². The summed E-state index contributed by atoms with van der Waals surface area (Å²) in [6.45, 7) is 0. The number of rotatable bonds is 3. The third-order valence-corrected chi connectivity index (χ3v) is 2.86. The van der Waals surface area contributed by atoms with Crippen LogP contribution in [0.3, 0.4) is 0 Å². The zero-order valence-electron chi connectivity index (χ0n) is 8.96. The first kappa shape index (κ1) is 11.0. The maximum atomic E-state index is 10.6. The molecule has 0 saturated heterocycles. The van der Waals surface area contributed by atoms with Gasteiger partial charge in [0, 0.05) is 11.8 Å². The number of hydrogen-bond donors (Lipinski definition) is 0. The van der Waals surface area contributed by atoms with Crippen LogP contribution in [0, 0.1) is 73.3 Å². The van der Waals surface area contributed by atoms with Gasteiger partial charge in [0.05, 0.1) is 10.5 Å². The first-order valence-electron chi connectivity index (χ1n) is 5.32. The molecule has 0 aromatic heterocycles. The lowest BCUT2D eigenvalue weighted by Crippen LogP contribution is -1.89. The van der Waals surface area contributed by atoms with Gasteiger partial charge in [0.1, 0.15) is 0 Å². The molecular formula is C14H9NO2. The second-order valence-corrected chi connectivity index (χ2v) is 3.93. The van der Waals surface area contributed by atoms with Gasteiger partial charge < -0.3 is 0 Å². The van der Waals surface area contributed by atoms with Gasteiger partial charge in [-0.3, -0.25) is 10.1 Å². The van der Waals surface area contributed by atoms with E-state index in [0.717, 1.165) is 34.8 Å². The fourth-order valence-corrected chi connectivity index (χ4v) is 2.12. The molecule has 2 fully saturated rings. The fraction of sp³-hybridized carbons (Fsp3) is 0. The lowest BCUT2D eigenvalue weighted by molar-refractivity contribution is -0.402. The van der Waals surface area contributed by atoms with E-state index >= 15 is 0 Å². The van der Waals surface area contributed by atoms with Gasteiger partial charge in [0.15, 0.2) is 0 Å². The molecule has 0 aromatic carbocycles. The molecule has 3 nitrogen and oxygen atoms in total. The van der Waals surface area contributed by atoms with Gasteiger partial charge in [-0.1, -0.05) is 0 Å². The maximum absolute atomic E-state index is 10.6. The fourth-order valence-electron chi connectivity index (χ4n) is 2.12. The highest BCUT2D eigenvalue weighted by atomic mass is 16.6. The number of nitro groups is 1. The molecule has 3 aliphatic carbocycles. The van der Waals surface area contributed by atoms with E-state index in [1.54, 1.807) is 0 Å². The normalized spacial score (nSPS) is 25.8. The Balaban J connectivity index is 1.81. The van der Waals surface area contributed by atoms with E-state index in [2.05, 4.69) is 0 Å². The molecular weight excluding hydrogens is 214 g/mol. The van der Waals surface area contributed by atoms with E-state index < -0.39 is 4.92 Å². The summed E-state index contributed by atoms with van der Waals surface area (Å²) < 4.78 is 0. The second kappa shape index (κ2) is 4.28. The first-order chi connectivity index (χ1) is 8.27. The molecule has 0 aromatic rings. The van der Waals surface area contributed by atoms with Crippen LogP contribution in [0.1, 0.15) is 0 Å². The zero-order chi connectivity index (χ0) is 11.8. The van der Waals surface area contributed by atoms with Crippen LogP contribution < -0.4 is 0 Å². The molecule has 0 heterocycles. The molecule has 0 spiro atoms. The van der Waals surface area contributed by atoms with E-state index in [-0.39, 0.29) is 0 Å². The minimum atomic E-state index is -0.395. The Hall–Kier alpha value is -1.12.